The highest BCUT2D eigenvalue weighted by atomic mass is 79.9. The zero-order valence-electron chi connectivity index (χ0n) is 12.4. The summed E-state index contributed by atoms with van der Waals surface area (Å²) in [7, 11) is 4.10. The minimum absolute atomic E-state index is 0.369. The maximum atomic E-state index is 4.39. The van der Waals surface area contributed by atoms with E-state index in [1.165, 1.54) is 18.5 Å². The smallest absolute Gasteiger partial charge is 0.0695 e. The molecule has 1 N–H and O–H groups in total. The van der Waals surface area contributed by atoms with Gasteiger partial charge in [-0.1, -0.05) is 24.3 Å². The molecular weight excluding hydrogens is 326 g/mol. The lowest BCUT2D eigenvalue weighted by atomic mass is 9.92. The van der Waals surface area contributed by atoms with Crippen LogP contribution in [0.1, 0.15) is 35.2 Å². The van der Waals surface area contributed by atoms with E-state index in [9.17, 15) is 0 Å². The number of aryl methyl sites for hydroxylation is 2. The van der Waals surface area contributed by atoms with Crippen molar-refractivity contribution in [1.29, 1.82) is 0 Å². The Bertz CT molecular complexity index is 659. The summed E-state index contributed by atoms with van der Waals surface area (Å²) in [5.41, 5.74) is 4.41. The van der Waals surface area contributed by atoms with Gasteiger partial charge in [0.25, 0.3) is 0 Å². The molecule has 4 heteroatoms. The van der Waals surface area contributed by atoms with E-state index < -0.39 is 0 Å². The Hall–Kier alpha value is -1.13. The third-order valence-corrected chi connectivity index (χ3v) is 5.93. The van der Waals surface area contributed by atoms with Crippen LogP contribution in [-0.2, 0) is 13.5 Å². The van der Waals surface area contributed by atoms with E-state index in [-0.39, 0.29) is 0 Å². The summed E-state index contributed by atoms with van der Waals surface area (Å²) in [6.07, 6.45) is 4.45. The molecule has 1 fully saturated rings. The summed E-state index contributed by atoms with van der Waals surface area (Å²) in [6, 6.07) is 9.36. The normalized spacial score (nSPS) is 27.9. The highest BCUT2D eigenvalue weighted by Gasteiger charge is 2.57. The summed E-state index contributed by atoms with van der Waals surface area (Å²) in [5, 5.41) is 7.93. The fourth-order valence-corrected chi connectivity index (χ4v) is 4.95. The van der Waals surface area contributed by atoms with E-state index in [1.54, 1.807) is 11.1 Å². The van der Waals surface area contributed by atoms with Crippen LogP contribution in [0, 0.1) is 11.8 Å². The van der Waals surface area contributed by atoms with Crippen molar-refractivity contribution in [3.8, 4) is 0 Å². The Morgan fingerprint density at radius 2 is 2.19 bits per heavy atom. The number of rotatable bonds is 3. The largest absolute Gasteiger partial charge is 0.311 e. The number of fused-ring (bicyclic) bond motifs is 3. The van der Waals surface area contributed by atoms with Crippen molar-refractivity contribution in [2.45, 2.75) is 24.8 Å². The number of nitrogens with zero attached hydrogens (tertiary/aromatic N) is 2. The molecule has 0 radical (unpaired) electrons. The van der Waals surface area contributed by atoms with Gasteiger partial charge >= 0.3 is 0 Å². The lowest BCUT2D eigenvalue weighted by molar-refractivity contribution is 0.453. The molecule has 2 aliphatic carbocycles. The number of nitrogens with one attached hydrogen (secondary N) is 1. The van der Waals surface area contributed by atoms with E-state index in [2.05, 4.69) is 57.7 Å². The predicted molar refractivity (Wildman–Crippen MR) is 87.2 cm³/mol. The van der Waals surface area contributed by atoms with Crippen molar-refractivity contribution in [3.63, 3.8) is 0 Å². The number of benzene rings is 1. The Balaban J connectivity index is 1.70. The molecule has 110 valence electrons. The van der Waals surface area contributed by atoms with E-state index in [0.717, 1.165) is 10.4 Å². The Labute approximate surface area is 133 Å². The predicted octanol–water partition coefficient (Wildman–Crippen LogP) is 3.42. The fraction of sp³-hybridized carbons (Fsp3) is 0.471. The van der Waals surface area contributed by atoms with Crippen molar-refractivity contribution in [1.82, 2.24) is 15.1 Å². The van der Waals surface area contributed by atoms with Crippen LogP contribution in [0.3, 0.4) is 0 Å². The van der Waals surface area contributed by atoms with Gasteiger partial charge in [0, 0.05) is 7.05 Å². The van der Waals surface area contributed by atoms with Crippen molar-refractivity contribution < 1.29 is 0 Å². The zero-order valence-corrected chi connectivity index (χ0v) is 14.0. The van der Waals surface area contributed by atoms with Crippen LogP contribution in [-0.4, -0.2) is 16.8 Å². The summed E-state index contributed by atoms with van der Waals surface area (Å²) >= 11 is 3.66. The monoisotopic (exact) mass is 345 g/mol. The van der Waals surface area contributed by atoms with E-state index in [4.69, 9.17) is 0 Å². The van der Waals surface area contributed by atoms with Crippen molar-refractivity contribution in [2.24, 2.45) is 18.9 Å². The van der Waals surface area contributed by atoms with Crippen LogP contribution in [0.2, 0.25) is 0 Å². The van der Waals surface area contributed by atoms with Gasteiger partial charge in [-0.05, 0) is 64.7 Å². The van der Waals surface area contributed by atoms with Crippen molar-refractivity contribution in [2.75, 3.05) is 7.05 Å². The van der Waals surface area contributed by atoms with Crippen LogP contribution >= 0.6 is 15.9 Å². The number of hydrogen-bond acceptors (Lipinski definition) is 2. The van der Waals surface area contributed by atoms with Crippen molar-refractivity contribution in [3.05, 3.63) is 51.8 Å². The van der Waals surface area contributed by atoms with Crippen molar-refractivity contribution >= 4 is 15.9 Å². The first-order chi connectivity index (χ1) is 10.2. The average Bonchev–Trinajstić information content (AvgIpc) is 3.15. The summed E-state index contributed by atoms with van der Waals surface area (Å²) in [5.74, 6) is 2.22. The highest BCUT2D eigenvalue weighted by Crippen LogP contribution is 2.64. The molecule has 4 rings (SSSR count). The van der Waals surface area contributed by atoms with Gasteiger partial charge in [-0.25, -0.2) is 0 Å². The number of hydrogen-bond donors (Lipinski definition) is 1. The molecule has 4 atom stereocenters. The molecule has 0 aliphatic heterocycles. The molecule has 2 aromatic rings. The number of aromatic nitrogens is 2. The first-order valence-corrected chi connectivity index (χ1v) is 8.44. The molecule has 1 aromatic carbocycles. The maximum absolute atomic E-state index is 4.39. The van der Waals surface area contributed by atoms with Gasteiger partial charge in [-0.15, -0.1) is 0 Å². The Morgan fingerprint density at radius 3 is 2.90 bits per heavy atom. The molecular formula is C17H20BrN3. The molecule has 0 bridgehead atoms. The highest BCUT2D eigenvalue weighted by molar-refractivity contribution is 9.10. The quantitative estimate of drug-likeness (QED) is 0.923. The van der Waals surface area contributed by atoms with Gasteiger partial charge in [-0.3, -0.25) is 4.68 Å². The molecule has 3 nitrogen and oxygen atoms in total. The standard InChI is InChI=1S/C17H20BrN3/c1-19-16(17-13(18)9-20-21(17)2)15-12-8-7-10-5-3-4-6-11(10)14(12)15/h3-6,9,12,14-16,19H,7-8H2,1-2H3. The molecule has 1 heterocycles. The molecule has 4 unspecified atom stereocenters. The maximum Gasteiger partial charge on any atom is 0.0695 e. The van der Waals surface area contributed by atoms with Gasteiger partial charge in [0.2, 0.25) is 0 Å². The molecule has 1 aromatic heterocycles. The molecule has 2 aliphatic rings. The van der Waals surface area contributed by atoms with E-state index in [0.29, 0.717) is 17.9 Å². The van der Waals surface area contributed by atoms with Crippen LogP contribution in [0.25, 0.3) is 0 Å². The summed E-state index contributed by atoms with van der Waals surface area (Å²) in [4.78, 5) is 0. The second-order valence-corrected chi connectivity index (χ2v) is 7.13. The van der Waals surface area contributed by atoms with Gasteiger partial charge < -0.3 is 5.32 Å². The third kappa shape index (κ3) is 2.00. The average molecular weight is 346 g/mol. The zero-order chi connectivity index (χ0) is 14.6. The minimum atomic E-state index is 0.369. The van der Waals surface area contributed by atoms with E-state index in [1.807, 2.05) is 17.9 Å². The van der Waals surface area contributed by atoms with Gasteiger partial charge in [0.05, 0.1) is 22.4 Å². The first kappa shape index (κ1) is 13.5. The van der Waals surface area contributed by atoms with Gasteiger partial charge in [-0.2, -0.15) is 5.10 Å². The first-order valence-electron chi connectivity index (χ1n) is 7.65. The lowest BCUT2D eigenvalue weighted by Crippen LogP contribution is -2.23. The van der Waals surface area contributed by atoms with Crippen LogP contribution in [0.5, 0.6) is 0 Å². The van der Waals surface area contributed by atoms with Gasteiger partial charge in [0.1, 0.15) is 0 Å². The topological polar surface area (TPSA) is 29.9 Å². The molecule has 1 saturated carbocycles. The van der Waals surface area contributed by atoms with Crippen LogP contribution in [0.15, 0.2) is 34.9 Å². The second kappa shape index (κ2) is 4.96. The Kier molecular flexibility index (Phi) is 3.19. The van der Waals surface area contributed by atoms with Crippen LogP contribution in [0.4, 0.5) is 0 Å². The van der Waals surface area contributed by atoms with E-state index >= 15 is 0 Å². The minimum Gasteiger partial charge on any atom is -0.311 e. The molecule has 21 heavy (non-hydrogen) atoms. The molecule has 0 saturated heterocycles. The Morgan fingerprint density at radius 1 is 1.38 bits per heavy atom. The molecule has 0 spiro atoms. The fourth-order valence-electron chi connectivity index (χ4n) is 4.36. The lowest BCUT2D eigenvalue weighted by Gasteiger charge is -2.18. The summed E-state index contributed by atoms with van der Waals surface area (Å²) < 4.78 is 3.11. The molecule has 0 amide bonds. The second-order valence-electron chi connectivity index (χ2n) is 6.27. The number of halogens is 1. The third-order valence-electron chi connectivity index (χ3n) is 5.32. The van der Waals surface area contributed by atoms with Gasteiger partial charge in [0.15, 0.2) is 0 Å². The SMILES string of the molecule is CNC(c1c(Br)cnn1C)C1C2CCc3ccccc3C21. The van der Waals surface area contributed by atoms with Crippen LogP contribution < -0.4 is 5.32 Å². The summed E-state index contributed by atoms with van der Waals surface area (Å²) in [6.45, 7) is 0.